The number of benzene rings is 1. The smallest absolute Gasteiger partial charge is 0.449 e. The second kappa shape index (κ2) is 7.51. The molecule has 1 heterocycles. The molecule has 1 N–H and O–H groups in total. The van der Waals surface area contributed by atoms with Crippen LogP contribution in [0.25, 0.3) is 11.0 Å². The summed E-state index contributed by atoms with van der Waals surface area (Å²) in [6, 6.07) is 5.90. The molecule has 1 aromatic heterocycles. The number of carboxylic acids is 1. The molecule has 0 aliphatic heterocycles. The Labute approximate surface area is 140 Å². The number of methoxy groups -OCH3 is 1. The maximum Gasteiger partial charge on any atom is 0.449 e. The van der Waals surface area contributed by atoms with Crippen molar-refractivity contribution in [1.29, 1.82) is 0 Å². The maximum absolute atomic E-state index is 13.2. The molecule has 1 aromatic carbocycles. The van der Waals surface area contributed by atoms with Crippen molar-refractivity contribution in [2.45, 2.75) is 12.7 Å². The molecule has 25 heavy (non-hydrogen) atoms. The quantitative estimate of drug-likeness (QED) is 0.812. The summed E-state index contributed by atoms with van der Waals surface area (Å²) in [6.45, 7) is -1.28. The van der Waals surface area contributed by atoms with Gasteiger partial charge >= 0.3 is 12.1 Å². The number of para-hydroxylation sites is 2. The van der Waals surface area contributed by atoms with E-state index in [9.17, 15) is 22.8 Å². The van der Waals surface area contributed by atoms with Gasteiger partial charge in [-0.2, -0.15) is 13.2 Å². The van der Waals surface area contributed by atoms with Gasteiger partial charge in [0.25, 0.3) is 0 Å². The highest BCUT2D eigenvalue weighted by atomic mass is 19.4. The van der Waals surface area contributed by atoms with Crippen molar-refractivity contribution in [2.75, 3.05) is 26.8 Å². The molecule has 0 saturated carbocycles. The number of nitrogens with zero attached hydrogens (tertiary/aromatic N) is 3. The number of carboxylic acid groups (broad SMARTS) is 1. The summed E-state index contributed by atoms with van der Waals surface area (Å²) in [5, 5.41) is 8.88. The number of rotatable bonds is 7. The van der Waals surface area contributed by atoms with Gasteiger partial charge in [-0.3, -0.25) is 9.59 Å². The second-order valence-electron chi connectivity index (χ2n) is 5.21. The number of aromatic nitrogens is 2. The molecule has 0 aliphatic rings. The fourth-order valence-corrected chi connectivity index (χ4v) is 2.34. The number of alkyl halides is 3. The number of aliphatic carboxylic acids is 1. The van der Waals surface area contributed by atoms with Gasteiger partial charge in [-0.05, 0) is 12.1 Å². The largest absolute Gasteiger partial charge is 0.480 e. The topological polar surface area (TPSA) is 84.7 Å². The van der Waals surface area contributed by atoms with Crippen molar-refractivity contribution in [1.82, 2.24) is 14.5 Å². The molecule has 0 aliphatic carbocycles. The van der Waals surface area contributed by atoms with Gasteiger partial charge in [0.1, 0.15) is 13.1 Å². The SMILES string of the molecule is COCCN(CC(=O)O)C(=O)Cn1c(C(F)(F)F)nc2ccccc21. The number of hydrogen-bond acceptors (Lipinski definition) is 4. The van der Waals surface area contributed by atoms with E-state index in [0.717, 1.165) is 9.47 Å². The Kier molecular flexibility index (Phi) is 5.62. The second-order valence-corrected chi connectivity index (χ2v) is 5.21. The highest BCUT2D eigenvalue weighted by Crippen LogP contribution is 2.31. The van der Waals surface area contributed by atoms with Gasteiger partial charge in [-0.15, -0.1) is 0 Å². The monoisotopic (exact) mass is 359 g/mol. The van der Waals surface area contributed by atoms with Crippen molar-refractivity contribution >= 4 is 22.9 Å². The van der Waals surface area contributed by atoms with Crippen LogP contribution < -0.4 is 0 Å². The Balaban J connectivity index is 2.36. The molecular weight excluding hydrogens is 343 g/mol. The van der Waals surface area contributed by atoms with Gasteiger partial charge in [-0.1, -0.05) is 12.1 Å². The standard InChI is InChI=1S/C15H16F3N3O4/c1-25-7-6-20(9-13(23)24)12(22)8-21-11-5-3-2-4-10(11)19-14(21)15(16,17)18/h2-5H,6-9H2,1H3,(H,23,24). The van der Waals surface area contributed by atoms with Crippen LogP contribution in [0.1, 0.15) is 5.82 Å². The van der Waals surface area contributed by atoms with Crippen LogP contribution in [0, 0.1) is 0 Å². The molecule has 7 nitrogen and oxygen atoms in total. The summed E-state index contributed by atoms with van der Waals surface area (Å²) in [5.41, 5.74) is 0.245. The number of carbonyl (C=O) groups is 2. The van der Waals surface area contributed by atoms with Crippen molar-refractivity contribution in [3.05, 3.63) is 30.1 Å². The normalized spacial score (nSPS) is 11.7. The Bertz CT molecular complexity index is 773. The fraction of sp³-hybridized carbons (Fsp3) is 0.400. The van der Waals surface area contributed by atoms with E-state index in [2.05, 4.69) is 4.98 Å². The zero-order chi connectivity index (χ0) is 18.6. The van der Waals surface area contributed by atoms with Crippen molar-refractivity contribution in [3.63, 3.8) is 0 Å². The van der Waals surface area contributed by atoms with E-state index in [0.29, 0.717) is 0 Å². The van der Waals surface area contributed by atoms with Crippen LogP contribution in [0.15, 0.2) is 24.3 Å². The summed E-state index contributed by atoms with van der Waals surface area (Å²) in [6.07, 6.45) is -4.75. The van der Waals surface area contributed by atoms with E-state index in [-0.39, 0.29) is 24.2 Å². The summed E-state index contributed by atoms with van der Waals surface area (Å²) in [7, 11) is 1.37. The zero-order valence-corrected chi connectivity index (χ0v) is 13.3. The molecule has 2 aromatic rings. The van der Waals surface area contributed by atoms with E-state index in [4.69, 9.17) is 9.84 Å². The lowest BCUT2D eigenvalue weighted by atomic mass is 10.3. The van der Waals surface area contributed by atoms with Crippen molar-refractivity contribution in [2.24, 2.45) is 0 Å². The summed E-state index contributed by atoms with van der Waals surface area (Å²) in [4.78, 5) is 27.7. The van der Waals surface area contributed by atoms with Crippen LogP contribution in [0.3, 0.4) is 0 Å². The summed E-state index contributed by atoms with van der Waals surface area (Å²) < 4.78 is 45.2. The minimum Gasteiger partial charge on any atom is -0.480 e. The molecule has 0 atom stereocenters. The molecule has 10 heteroatoms. The van der Waals surface area contributed by atoms with Crippen molar-refractivity contribution in [3.8, 4) is 0 Å². The molecule has 0 bridgehead atoms. The lowest BCUT2D eigenvalue weighted by Gasteiger charge is -2.21. The first-order valence-corrected chi connectivity index (χ1v) is 7.25. The molecule has 2 rings (SSSR count). The average molecular weight is 359 g/mol. The first-order valence-electron chi connectivity index (χ1n) is 7.25. The van der Waals surface area contributed by atoms with Gasteiger partial charge in [0.15, 0.2) is 0 Å². The van der Waals surface area contributed by atoms with Crippen molar-refractivity contribution < 1.29 is 32.6 Å². The van der Waals surface area contributed by atoms with Crippen LogP contribution in [0.5, 0.6) is 0 Å². The van der Waals surface area contributed by atoms with E-state index in [1.54, 1.807) is 0 Å². The maximum atomic E-state index is 13.2. The predicted molar refractivity (Wildman–Crippen MR) is 80.8 cm³/mol. The van der Waals surface area contributed by atoms with Gasteiger partial charge in [0, 0.05) is 13.7 Å². The van der Waals surface area contributed by atoms with Crippen LogP contribution in [-0.4, -0.2) is 58.2 Å². The van der Waals surface area contributed by atoms with Crippen LogP contribution in [0.4, 0.5) is 13.2 Å². The van der Waals surface area contributed by atoms with E-state index >= 15 is 0 Å². The molecule has 136 valence electrons. The lowest BCUT2D eigenvalue weighted by molar-refractivity contribution is -0.150. The minimum absolute atomic E-state index is 0.0460. The number of ether oxygens (including phenoxy) is 1. The summed E-state index contributed by atoms with van der Waals surface area (Å²) >= 11 is 0. The number of amides is 1. The average Bonchev–Trinajstić information content (AvgIpc) is 2.90. The third-order valence-electron chi connectivity index (χ3n) is 3.45. The van der Waals surface area contributed by atoms with E-state index in [1.807, 2.05) is 0 Å². The highest BCUT2D eigenvalue weighted by molar-refractivity contribution is 5.83. The Hall–Kier alpha value is -2.62. The van der Waals surface area contributed by atoms with Crippen LogP contribution >= 0.6 is 0 Å². The number of halogens is 3. The zero-order valence-electron chi connectivity index (χ0n) is 13.3. The molecular formula is C15H16F3N3O4. The summed E-state index contributed by atoms with van der Waals surface area (Å²) in [5.74, 6) is -3.24. The Morgan fingerprint density at radius 3 is 2.60 bits per heavy atom. The van der Waals surface area contributed by atoms with Crippen LogP contribution in [0.2, 0.25) is 0 Å². The third kappa shape index (κ3) is 4.47. The van der Waals surface area contributed by atoms with Gasteiger partial charge in [-0.25, -0.2) is 4.98 Å². The molecule has 0 spiro atoms. The molecule has 0 unspecified atom stereocenters. The number of hydrogen-bond donors (Lipinski definition) is 1. The number of fused-ring (bicyclic) bond motifs is 1. The predicted octanol–water partition coefficient (Wildman–Crippen LogP) is 1.61. The lowest BCUT2D eigenvalue weighted by Crippen LogP contribution is -2.40. The van der Waals surface area contributed by atoms with E-state index in [1.165, 1.54) is 31.4 Å². The molecule has 1 amide bonds. The fourth-order valence-electron chi connectivity index (χ4n) is 2.34. The number of imidazole rings is 1. The number of carbonyl (C=O) groups excluding carboxylic acids is 1. The van der Waals surface area contributed by atoms with Crippen LogP contribution in [-0.2, 0) is 27.0 Å². The first-order chi connectivity index (χ1) is 11.7. The first kappa shape index (κ1) is 18.7. The van der Waals surface area contributed by atoms with Gasteiger partial charge < -0.3 is 19.3 Å². The molecule has 0 radical (unpaired) electrons. The Morgan fingerprint density at radius 2 is 2.00 bits per heavy atom. The van der Waals surface area contributed by atoms with E-state index < -0.39 is 37.0 Å². The van der Waals surface area contributed by atoms with Gasteiger partial charge in [0.05, 0.1) is 17.6 Å². The molecule has 0 saturated heterocycles. The minimum atomic E-state index is -4.75. The third-order valence-corrected chi connectivity index (χ3v) is 3.45. The molecule has 0 fully saturated rings. The van der Waals surface area contributed by atoms with Gasteiger partial charge in [0.2, 0.25) is 11.7 Å². The Morgan fingerprint density at radius 1 is 1.32 bits per heavy atom. The highest BCUT2D eigenvalue weighted by Gasteiger charge is 2.38.